The molecule has 0 heterocycles. The van der Waals surface area contributed by atoms with Gasteiger partial charge in [0.05, 0.1) is 11.9 Å². The van der Waals surface area contributed by atoms with Gasteiger partial charge in [-0.15, -0.1) is 0 Å². The molecule has 0 saturated carbocycles. The van der Waals surface area contributed by atoms with E-state index in [0.717, 1.165) is 11.4 Å². The molecule has 1 aromatic carbocycles. The van der Waals surface area contributed by atoms with Crippen molar-refractivity contribution in [3.63, 3.8) is 0 Å². The van der Waals surface area contributed by atoms with Gasteiger partial charge in [-0.05, 0) is 38.1 Å². The van der Waals surface area contributed by atoms with Crippen molar-refractivity contribution in [2.24, 2.45) is 0 Å². The van der Waals surface area contributed by atoms with Gasteiger partial charge >= 0.3 is 0 Å². The first-order valence-electron chi connectivity index (χ1n) is 5.18. The van der Waals surface area contributed by atoms with Crippen LogP contribution in [0, 0.1) is 0 Å². The highest BCUT2D eigenvalue weighted by Crippen LogP contribution is 2.19. The van der Waals surface area contributed by atoms with Crippen LogP contribution in [0.25, 0.3) is 0 Å². The van der Waals surface area contributed by atoms with Crippen molar-refractivity contribution >= 4 is 24.2 Å². The standard InChI is InChI=1S/C12H17NO2S/c1-9(2)15-11-6-4-10(5-7-11)13(3)12(14)8-16/h4-7,9,16H,8H2,1-3H3. The number of carbonyl (C=O) groups excluding carboxylic acids is 1. The van der Waals surface area contributed by atoms with Crippen LogP contribution in [0.4, 0.5) is 5.69 Å². The van der Waals surface area contributed by atoms with E-state index < -0.39 is 0 Å². The molecule has 0 aliphatic heterocycles. The molecule has 0 aromatic heterocycles. The third-order valence-electron chi connectivity index (χ3n) is 2.11. The van der Waals surface area contributed by atoms with Crippen LogP contribution in [0.1, 0.15) is 13.8 Å². The quantitative estimate of drug-likeness (QED) is 0.817. The smallest absolute Gasteiger partial charge is 0.236 e. The van der Waals surface area contributed by atoms with Gasteiger partial charge in [0.25, 0.3) is 0 Å². The van der Waals surface area contributed by atoms with E-state index in [-0.39, 0.29) is 17.8 Å². The Labute approximate surface area is 102 Å². The Morgan fingerprint density at radius 3 is 2.38 bits per heavy atom. The highest BCUT2D eigenvalue weighted by Gasteiger charge is 2.08. The largest absolute Gasteiger partial charge is 0.491 e. The molecule has 0 aliphatic rings. The number of ether oxygens (including phenoxy) is 1. The summed E-state index contributed by atoms with van der Waals surface area (Å²) in [6.07, 6.45) is 0.155. The molecule has 0 saturated heterocycles. The van der Waals surface area contributed by atoms with Crippen LogP contribution in [0.3, 0.4) is 0 Å². The Kier molecular flexibility index (Phi) is 4.68. The molecule has 3 nitrogen and oxygen atoms in total. The number of thiol groups is 1. The SMILES string of the molecule is CC(C)Oc1ccc(N(C)C(=O)CS)cc1. The summed E-state index contributed by atoms with van der Waals surface area (Å²) in [5, 5.41) is 0. The number of hydrogen-bond donors (Lipinski definition) is 1. The van der Waals surface area contributed by atoms with Crippen LogP contribution < -0.4 is 9.64 Å². The lowest BCUT2D eigenvalue weighted by molar-refractivity contribution is -0.115. The van der Waals surface area contributed by atoms with Gasteiger partial charge in [-0.25, -0.2) is 0 Å². The highest BCUT2D eigenvalue weighted by molar-refractivity contribution is 7.81. The molecule has 88 valence electrons. The normalized spacial score (nSPS) is 10.3. The number of rotatable bonds is 4. The van der Waals surface area contributed by atoms with Crippen LogP contribution in [0.2, 0.25) is 0 Å². The van der Waals surface area contributed by atoms with Gasteiger partial charge in [-0.1, -0.05) is 0 Å². The third kappa shape index (κ3) is 3.45. The van der Waals surface area contributed by atoms with Gasteiger partial charge < -0.3 is 9.64 Å². The molecule has 16 heavy (non-hydrogen) atoms. The third-order valence-corrected chi connectivity index (χ3v) is 2.38. The second-order valence-electron chi connectivity index (χ2n) is 3.77. The van der Waals surface area contributed by atoms with E-state index in [4.69, 9.17) is 4.74 Å². The molecule has 0 fully saturated rings. The summed E-state index contributed by atoms with van der Waals surface area (Å²) in [5.41, 5.74) is 0.843. The van der Waals surface area contributed by atoms with Crippen LogP contribution in [-0.4, -0.2) is 24.8 Å². The van der Waals surface area contributed by atoms with Gasteiger partial charge in [-0.2, -0.15) is 12.6 Å². The van der Waals surface area contributed by atoms with Gasteiger partial charge in [0.1, 0.15) is 5.75 Å². The molecule has 0 atom stereocenters. The number of carbonyl (C=O) groups is 1. The average molecular weight is 239 g/mol. The Morgan fingerprint density at radius 2 is 1.94 bits per heavy atom. The molecule has 0 aliphatic carbocycles. The lowest BCUT2D eigenvalue weighted by atomic mass is 10.3. The highest BCUT2D eigenvalue weighted by atomic mass is 32.1. The summed E-state index contributed by atoms with van der Waals surface area (Å²) in [6, 6.07) is 7.44. The maximum absolute atomic E-state index is 11.4. The lowest BCUT2D eigenvalue weighted by Gasteiger charge is -2.17. The van der Waals surface area contributed by atoms with Crippen molar-refractivity contribution in [1.29, 1.82) is 0 Å². The summed E-state index contributed by atoms with van der Waals surface area (Å²) >= 11 is 3.95. The van der Waals surface area contributed by atoms with Crippen LogP contribution in [0.15, 0.2) is 24.3 Å². The number of hydrogen-bond acceptors (Lipinski definition) is 3. The summed E-state index contributed by atoms with van der Waals surface area (Å²) in [6.45, 7) is 3.95. The molecule has 1 amide bonds. The minimum absolute atomic E-state index is 0.0270. The topological polar surface area (TPSA) is 29.5 Å². The second-order valence-corrected chi connectivity index (χ2v) is 4.09. The van der Waals surface area contributed by atoms with Gasteiger partial charge in [0, 0.05) is 12.7 Å². The molecule has 1 rings (SSSR count). The van der Waals surface area contributed by atoms with E-state index in [0.29, 0.717) is 0 Å². The fraction of sp³-hybridized carbons (Fsp3) is 0.417. The Balaban J connectivity index is 2.74. The number of anilines is 1. The van der Waals surface area contributed by atoms with E-state index in [1.54, 1.807) is 11.9 Å². The molecular formula is C12H17NO2S. The summed E-state index contributed by atoms with van der Waals surface area (Å²) < 4.78 is 5.52. The van der Waals surface area contributed by atoms with Crippen molar-refractivity contribution in [3.05, 3.63) is 24.3 Å². The summed E-state index contributed by atoms with van der Waals surface area (Å²) in [7, 11) is 1.73. The first-order valence-corrected chi connectivity index (χ1v) is 5.82. The van der Waals surface area contributed by atoms with Crippen molar-refractivity contribution < 1.29 is 9.53 Å². The minimum Gasteiger partial charge on any atom is -0.491 e. The van der Waals surface area contributed by atoms with Crippen LogP contribution in [-0.2, 0) is 4.79 Å². The summed E-state index contributed by atoms with van der Waals surface area (Å²) in [5.74, 6) is 0.993. The van der Waals surface area contributed by atoms with E-state index in [1.807, 2.05) is 38.1 Å². The van der Waals surface area contributed by atoms with Gasteiger partial charge in [-0.3, -0.25) is 4.79 Å². The zero-order valence-electron chi connectivity index (χ0n) is 9.80. The number of nitrogens with zero attached hydrogens (tertiary/aromatic N) is 1. The van der Waals surface area contributed by atoms with Crippen LogP contribution >= 0.6 is 12.6 Å². The van der Waals surface area contributed by atoms with Crippen molar-refractivity contribution in [3.8, 4) is 5.75 Å². The fourth-order valence-corrected chi connectivity index (χ4v) is 1.48. The average Bonchev–Trinajstić information content (AvgIpc) is 2.27. The Hall–Kier alpha value is -1.16. The maximum Gasteiger partial charge on any atom is 0.236 e. The molecule has 0 N–H and O–H groups in total. The lowest BCUT2D eigenvalue weighted by Crippen LogP contribution is -2.27. The predicted octanol–water partition coefficient (Wildman–Crippen LogP) is 2.37. The Morgan fingerprint density at radius 1 is 1.38 bits per heavy atom. The molecule has 4 heteroatoms. The first-order chi connectivity index (χ1) is 7.54. The monoisotopic (exact) mass is 239 g/mol. The minimum atomic E-state index is -0.0270. The Bertz CT molecular complexity index is 349. The molecule has 0 radical (unpaired) electrons. The van der Waals surface area contributed by atoms with Crippen molar-refractivity contribution in [1.82, 2.24) is 0 Å². The molecule has 0 unspecified atom stereocenters. The van der Waals surface area contributed by atoms with E-state index in [2.05, 4.69) is 12.6 Å². The van der Waals surface area contributed by atoms with E-state index in [9.17, 15) is 4.79 Å². The van der Waals surface area contributed by atoms with Gasteiger partial charge in [0.15, 0.2) is 0 Å². The van der Waals surface area contributed by atoms with E-state index >= 15 is 0 Å². The number of amides is 1. The van der Waals surface area contributed by atoms with Crippen molar-refractivity contribution in [2.45, 2.75) is 20.0 Å². The zero-order valence-corrected chi connectivity index (χ0v) is 10.7. The second kappa shape index (κ2) is 5.80. The molecule has 0 bridgehead atoms. The zero-order chi connectivity index (χ0) is 12.1. The maximum atomic E-state index is 11.4. The van der Waals surface area contributed by atoms with Gasteiger partial charge in [0.2, 0.25) is 5.91 Å². The first kappa shape index (κ1) is 12.9. The predicted molar refractivity (Wildman–Crippen MR) is 69.5 cm³/mol. The molecule has 0 spiro atoms. The summed E-state index contributed by atoms with van der Waals surface area (Å²) in [4.78, 5) is 13.0. The van der Waals surface area contributed by atoms with Crippen molar-refractivity contribution in [2.75, 3.05) is 17.7 Å². The fourth-order valence-electron chi connectivity index (χ4n) is 1.27. The molecular weight excluding hydrogens is 222 g/mol. The van der Waals surface area contributed by atoms with E-state index in [1.165, 1.54) is 0 Å². The van der Waals surface area contributed by atoms with Crippen LogP contribution in [0.5, 0.6) is 5.75 Å². The number of benzene rings is 1. The molecule has 1 aromatic rings.